The van der Waals surface area contributed by atoms with Gasteiger partial charge in [0.15, 0.2) is 0 Å². The zero-order valence-corrected chi connectivity index (χ0v) is 11.4. The fourth-order valence-corrected chi connectivity index (χ4v) is 2.25. The summed E-state index contributed by atoms with van der Waals surface area (Å²) in [6, 6.07) is 19.7. The Morgan fingerprint density at radius 2 is 1.53 bits per heavy atom. The summed E-state index contributed by atoms with van der Waals surface area (Å²) in [5.41, 5.74) is 2.01. The standard InChI is InChI=1S/C17H19NO/c1-3-16(14-10-6-4-7-11-14)17(19)18(2)15-12-8-5-9-13-15/h4-13,16H,3H2,1-2H3/t16-/m1/s1. The molecule has 0 aromatic heterocycles. The second kappa shape index (κ2) is 6.19. The minimum absolute atomic E-state index is 0.0774. The van der Waals surface area contributed by atoms with Crippen LogP contribution in [0.15, 0.2) is 60.7 Å². The fourth-order valence-electron chi connectivity index (χ4n) is 2.25. The summed E-state index contributed by atoms with van der Waals surface area (Å²) >= 11 is 0. The molecule has 1 amide bonds. The molecule has 2 heteroatoms. The number of carbonyl (C=O) groups is 1. The van der Waals surface area contributed by atoms with Gasteiger partial charge in [-0.1, -0.05) is 55.5 Å². The molecule has 98 valence electrons. The summed E-state index contributed by atoms with van der Waals surface area (Å²) < 4.78 is 0. The molecule has 0 radical (unpaired) electrons. The Balaban J connectivity index is 2.22. The van der Waals surface area contributed by atoms with Gasteiger partial charge in [0.2, 0.25) is 5.91 Å². The van der Waals surface area contributed by atoms with E-state index in [-0.39, 0.29) is 11.8 Å². The highest BCUT2D eigenvalue weighted by atomic mass is 16.2. The third-order valence-corrected chi connectivity index (χ3v) is 3.38. The van der Waals surface area contributed by atoms with E-state index in [1.54, 1.807) is 4.90 Å². The molecule has 2 nitrogen and oxygen atoms in total. The van der Waals surface area contributed by atoms with Crippen molar-refractivity contribution in [3.8, 4) is 0 Å². The molecule has 19 heavy (non-hydrogen) atoms. The molecule has 0 saturated heterocycles. The molecule has 2 rings (SSSR count). The molecule has 0 saturated carbocycles. The van der Waals surface area contributed by atoms with Crippen molar-refractivity contribution < 1.29 is 4.79 Å². The van der Waals surface area contributed by atoms with Gasteiger partial charge in [0.25, 0.3) is 0 Å². The minimum Gasteiger partial charge on any atom is -0.315 e. The highest BCUT2D eigenvalue weighted by molar-refractivity contribution is 5.97. The van der Waals surface area contributed by atoms with Gasteiger partial charge < -0.3 is 4.90 Å². The summed E-state index contributed by atoms with van der Waals surface area (Å²) in [5.74, 6) is 0.0614. The van der Waals surface area contributed by atoms with E-state index >= 15 is 0 Å². The zero-order valence-electron chi connectivity index (χ0n) is 11.4. The monoisotopic (exact) mass is 253 g/mol. The average molecular weight is 253 g/mol. The first-order valence-corrected chi connectivity index (χ1v) is 6.61. The van der Waals surface area contributed by atoms with Crippen molar-refractivity contribution in [2.24, 2.45) is 0 Å². The van der Waals surface area contributed by atoms with Gasteiger partial charge in [0.1, 0.15) is 0 Å². The van der Waals surface area contributed by atoms with Crippen molar-refractivity contribution >= 4 is 11.6 Å². The van der Waals surface area contributed by atoms with Gasteiger partial charge in [-0.2, -0.15) is 0 Å². The fraction of sp³-hybridized carbons (Fsp3) is 0.235. The Kier molecular flexibility index (Phi) is 4.35. The molecule has 0 fully saturated rings. The molecule has 0 spiro atoms. The van der Waals surface area contributed by atoms with E-state index in [9.17, 15) is 4.79 Å². The predicted octanol–water partition coefficient (Wildman–Crippen LogP) is 3.84. The van der Waals surface area contributed by atoms with Gasteiger partial charge in [-0.3, -0.25) is 4.79 Å². The second-order valence-electron chi connectivity index (χ2n) is 4.60. The van der Waals surface area contributed by atoms with E-state index in [4.69, 9.17) is 0 Å². The van der Waals surface area contributed by atoms with Crippen LogP contribution in [-0.4, -0.2) is 13.0 Å². The van der Waals surface area contributed by atoms with Crippen molar-refractivity contribution in [2.45, 2.75) is 19.3 Å². The SMILES string of the molecule is CC[C@@H](C(=O)N(C)c1ccccc1)c1ccccc1. The molecule has 2 aromatic carbocycles. The Bertz CT molecular complexity index is 521. The van der Waals surface area contributed by atoms with Gasteiger partial charge >= 0.3 is 0 Å². The summed E-state index contributed by atoms with van der Waals surface area (Å²) in [7, 11) is 1.84. The van der Waals surface area contributed by atoms with Gasteiger partial charge in [0, 0.05) is 12.7 Å². The van der Waals surface area contributed by atoms with Crippen LogP contribution in [0.2, 0.25) is 0 Å². The molecule has 0 aliphatic heterocycles. The van der Waals surface area contributed by atoms with Crippen molar-refractivity contribution in [1.29, 1.82) is 0 Å². The lowest BCUT2D eigenvalue weighted by atomic mass is 9.95. The van der Waals surface area contributed by atoms with Crippen LogP contribution in [0, 0.1) is 0 Å². The van der Waals surface area contributed by atoms with Crippen LogP contribution in [0.3, 0.4) is 0 Å². The Labute approximate surface area is 114 Å². The van der Waals surface area contributed by atoms with E-state index in [0.29, 0.717) is 0 Å². The van der Waals surface area contributed by atoms with Crippen molar-refractivity contribution in [2.75, 3.05) is 11.9 Å². The van der Waals surface area contributed by atoms with Gasteiger partial charge in [0.05, 0.1) is 5.92 Å². The maximum absolute atomic E-state index is 12.6. The molecule has 0 aliphatic rings. The summed E-state index contributed by atoms with van der Waals surface area (Å²) in [4.78, 5) is 14.3. The van der Waals surface area contributed by atoms with E-state index in [2.05, 4.69) is 6.92 Å². The molecule has 0 aliphatic carbocycles. The first kappa shape index (κ1) is 13.3. The maximum Gasteiger partial charge on any atom is 0.234 e. The number of nitrogens with zero attached hydrogens (tertiary/aromatic N) is 1. The van der Waals surface area contributed by atoms with E-state index in [1.807, 2.05) is 67.7 Å². The van der Waals surface area contributed by atoms with Crippen molar-refractivity contribution in [3.63, 3.8) is 0 Å². The maximum atomic E-state index is 12.6. The first-order valence-electron chi connectivity index (χ1n) is 6.61. The van der Waals surface area contributed by atoms with E-state index < -0.39 is 0 Å². The van der Waals surface area contributed by atoms with Crippen LogP contribution in [0.25, 0.3) is 0 Å². The molecule has 0 heterocycles. The molecular weight excluding hydrogens is 234 g/mol. The quantitative estimate of drug-likeness (QED) is 0.810. The number of hydrogen-bond acceptors (Lipinski definition) is 1. The van der Waals surface area contributed by atoms with E-state index in [1.165, 1.54) is 0 Å². The topological polar surface area (TPSA) is 20.3 Å². The van der Waals surface area contributed by atoms with E-state index in [0.717, 1.165) is 17.7 Å². The predicted molar refractivity (Wildman–Crippen MR) is 79.3 cm³/mol. The summed E-state index contributed by atoms with van der Waals surface area (Å²) in [5, 5.41) is 0. The molecule has 1 atom stereocenters. The highest BCUT2D eigenvalue weighted by Gasteiger charge is 2.22. The number of carbonyl (C=O) groups excluding carboxylic acids is 1. The minimum atomic E-state index is -0.0774. The van der Waals surface area contributed by atoms with Gasteiger partial charge in [-0.25, -0.2) is 0 Å². The Morgan fingerprint density at radius 1 is 1.00 bits per heavy atom. The number of rotatable bonds is 4. The zero-order chi connectivity index (χ0) is 13.7. The number of para-hydroxylation sites is 1. The number of benzene rings is 2. The number of amides is 1. The molecule has 0 unspecified atom stereocenters. The summed E-state index contributed by atoms with van der Waals surface area (Å²) in [6.45, 7) is 2.05. The smallest absolute Gasteiger partial charge is 0.234 e. The average Bonchev–Trinajstić information content (AvgIpc) is 2.49. The molecule has 0 N–H and O–H groups in total. The number of hydrogen-bond donors (Lipinski definition) is 0. The van der Waals surface area contributed by atoms with Crippen LogP contribution in [0.5, 0.6) is 0 Å². The summed E-state index contributed by atoms with van der Waals surface area (Å²) in [6.07, 6.45) is 0.806. The Morgan fingerprint density at radius 3 is 2.05 bits per heavy atom. The normalized spacial score (nSPS) is 11.9. The van der Waals surface area contributed by atoms with Crippen LogP contribution in [0.1, 0.15) is 24.8 Å². The molecule has 0 bridgehead atoms. The van der Waals surface area contributed by atoms with Gasteiger partial charge in [-0.05, 0) is 24.1 Å². The van der Waals surface area contributed by atoms with Crippen LogP contribution in [0.4, 0.5) is 5.69 Å². The third kappa shape index (κ3) is 3.02. The first-order chi connectivity index (χ1) is 9.24. The molecular formula is C17H19NO. The van der Waals surface area contributed by atoms with Crippen LogP contribution in [-0.2, 0) is 4.79 Å². The molecule has 2 aromatic rings. The second-order valence-corrected chi connectivity index (χ2v) is 4.60. The Hall–Kier alpha value is -2.09. The highest BCUT2D eigenvalue weighted by Crippen LogP contribution is 2.24. The van der Waals surface area contributed by atoms with Crippen molar-refractivity contribution in [1.82, 2.24) is 0 Å². The van der Waals surface area contributed by atoms with Crippen LogP contribution >= 0.6 is 0 Å². The van der Waals surface area contributed by atoms with Gasteiger partial charge in [-0.15, -0.1) is 0 Å². The third-order valence-electron chi connectivity index (χ3n) is 3.38. The number of anilines is 1. The lowest BCUT2D eigenvalue weighted by Gasteiger charge is -2.23. The van der Waals surface area contributed by atoms with Crippen LogP contribution < -0.4 is 4.90 Å². The number of likely N-dealkylation sites (N-methyl/N-ethyl adjacent to an activating group) is 1. The lowest BCUT2D eigenvalue weighted by molar-refractivity contribution is -0.119. The largest absolute Gasteiger partial charge is 0.315 e. The lowest BCUT2D eigenvalue weighted by Crippen LogP contribution is -2.31. The van der Waals surface area contributed by atoms with Crippen molar-refractivity contribution in [3.05, 3.63) is 66.2 Å².